The van der Waals surface area contributed by atoms with E-state index in [9.17, 15) is 13.9 Å². The Morgan fingerprint density at radius 1 is 1.20 bits per heavy atom. The third-order valence-electron chi connectivity index (χ3n) is 3.82. The number of halogens is 2. The normalized spacial score (nSPS) is 17.1. The molecule has 0 radical (unpaired) electrons. The van der Waals surface area contributed by atoms with Gasteiger partial charge in [-0.25, -0.2) is 8.78 Å². The van der Waals surface area contributed by atoms with Gasteiger partial charge in [0.2, 0.25) is 0 Å². The van der Waals surface area contributed by atoms with Crippen LogP contribution in [0.1, 0.15) is 29.2 Å². The standard InChI is InChI=1S/C16H15F2NO/c1-9-7-13(18)15(8-12(9)17)19-14-6-5-11-10(14)3-2-4-16(11)20/h2-4,7-8,14,19-20H,5-6H2,1H3. The highest BCUT2D eigenvalue weighted by Gasteiger charge is 2.25. The minimum atomic E-state index is -0.461. The van der Waals surface area contributed by atoms with Gasteiger partial charge in [0.25, 0.3) is 0 Å². The number of nitrogens with one attached hydrogen (secondary N) is 1. The van der Waals surface area contributed by atoms with Gasteiger partial charge in [0.15, 0.2) is 0 Å². The lowest BCUT2D eigenvalue weighted by atomic mass is 10.1. The van der Waals surface area contributed by atoms with Crippen molar-refractivity contribution in [2.75, 3.05) is 5.32 Å². The van der Waals surface area contributed by atoms with Crippen LogP contribution in [0.15, 0.2) is 30.3 Å². The van der Waals surface area contributed by atoms with Gasteiger partial charge in [0.1, 0.15) is 17.4 Å². The van der Waals surface area contributed by atoms with Gasteiger partial charge in [-0.15, -0.1) is 0 Å². The quantitative estimate of drug-likeness (QED) is 0.865. The molecule has 2 aromatic rings. The van der Waals surface area contributed by atoms with Crippen molar-refractivity contribution >= 4 is 5.69 Å². The van der Waals surface area contributed by atoms with Gasteiger partial charge < -0.3 is 10.4 Å². The molecule has 0 bridgehead atoms. The molecule has 0 spiro atoms. The van der Waals surface area contributed by atoms with Crippen LogP contribution in [0.25, 0.3) is 0 Å². The molecule has 2 N–H and O–H groups in total. The van der Waals surface area contributed by atoms with E-state index in [1.54, 1.807) is 12.1 Å². The molecule has 2 nitrogen and oxygen atoms in total. The van der Waals surface area contributed by atoms with Gasteiger partial charge in [0, 0.05) is 6.07 Å². The first kappa shape index (κ1) is 12.9. The highest BCUT2D eigenvalue weighted by molar-refractivity contribution is 5.52. The molecule has 3 rings (SSSR count). The molecule has 0 aliphatic heterocycles. The van der Waals surface area contributed by atoms with Gasteiger partial charge in [-0.1, -0.05) is 12.1 Å². The van der Waals surface area contributed by atoms with E-state index in [1.807, 2.05) is 6.07 Å². The third-order valence-corrected chi connectivity index (χ3v) is 3.82. The number of phenolic OH excluding ortho intramolecular Hbond substituents is 1. The first-order chi connectivity index (χ1) is 9.56. The Morgan fingerprint density at radius 3 is 2.80 bits per heavy atom. The minimum absolute atomic E-state index is 0.103. The van der Waals surface area contributed by atoms with E-state index in [0.29, 0.717) is 0 Å². The van der Waals surface area contributed by atoms with Crippen molar-refractivity contribution in [3.63, 3.8) is 0 Å². The Hall–Kier alpha value is -2.10. The van der Waals surface area contributed by atoms with E-state index < -0.39 is 11.6 Å². The fraction of sp³-hybridized carbons (Fsp3) is 0.250. The second kappa shape index (κ2) is 4.78. The summed E-state index contributed by atoms with van der Waals surface area (Å²) in [5.41, 5.74) is 2.29. The number of aryl methyl sites for hydroxylation is 1. The number of phenols is 1. The van der Waals surface area contributed by atoms with Crippen molar-refractivity contribution in [1.29, 1.82) is 0 Å². The number of anilines is 1. The summed E-state index contributed by atoms with van der Waals surface area (Å²) in [6.45, 7) is 1.53. The van der Waals surface area contributed by atoms with Crippen LogP contribution >= 0.6 is 0 Å². The summed E-state index contributed by atoms with van der Waals surface area (Å²) in [7, 11) is 0. The lowest BCUT2D eigenvalue weighted by Crippen LogP contribution is -2.09. The maximum Gasteiger partial charge on any atom is 0.146 e. The Kier molecular flexibility index (Phi) is 3.08. The monoisotopic (exact) mass is 275 g/mol. The first-order valence-electron chi connectivity index (χ1n) is 6.59. The molecule has 0 amide bonds. The van der Waals surface area contributed by atoms with Crippen molar-refractivity contribution in [2.45, 2.75) is 25.8 Å². The van der Waals surface area contributed by atoms with E-state index in [2.05, 4.69) is 5.32 Å². The van der Waals surface area contributed by atoms with Crippen molar-refractivity contribution in [3.05, 3.63) is 58.7 Å². The number of benzene rings is 2. The van der Waals surface area contributed by atoms with Crippen LogP contribution in [-0.2, 0) is 6.42 Å². The van der Waals surface area contributed by atoms with Gasteiger partial charge in [-0.3, -0.25) is 0 Å². The van der Waals surface area contributed by atoms with Gasteiger partial charge in [-0.05, 0) is 48.6 Å². The average molecular weight is 275 g/mol. The molecule has 0 saturated heterocycles. The number of aromatic hydroxyl groups is 1. The largest absolute Gasteiger partial charge is 0.508 e. The van der Waals surface area contributed by atoms with Crippen molar-refractivity contribution in [1.82, 2.24) is 0 Å². The van der Waals surface area contributed by atoms with Gasteiger partial charge in [-0.2, -0.15) is 0 Å². The summed E-state index contributed by atoms with van der Waals surface area (Å²) >= 11 is 0. The molecule has 1 aliphatic rings. The second-order valence-corrected chi connectivity index (χ2v) is 5.16. The summed E-state index contributed by atoms with van der Waals surface area (Å²) in [6, 6.07) is 7.59. The molecule has 0 aromatic heterocycles. The molecular weight excluding hydrogens is 260 g/mol. The van der Waals surface area contributed by atoms with Gasteiger partial charge in [0.05, 0.1) is 11.7 Å². The van der Waals surface area contributed by atoms with E-state index in [0.717, 1.165) is 24.0 Å². The zero-order chi connectivity index (χ0) is 14.3. The number of hydrogen-bond acceptors (Lipinski definition) is 2. The molecule has 2 aromatic carbocycles. The maximum atomic E-state index is 13.9. The van der Waals surface area contributed by atoms with Crippen LogP contribution in [0.5, 0.6) is 5.75 Å². The summed E-state index contributed by atoms with van der Waals surface area (Å²) in [5, 5.41) is 12.8. The summed E-state index contributed by atoms with van der Waals surface area (Å²) in [5.74, 6) is -0.622. The molecule has 104 valence electrons. The molecule has 0 saturated carbocycles. The van der Waals surface area contributed by atoms with Crippen LogP contribution in [0.2, 0.25) is 0 Å². The molecule has 1 aliphatic carbocycles. The average Bonchev–Trinajstić information content (AvgIpc) is 2.81. The Morgan fingerprint density at radius 2 is 2.00 bits per heavy atom. The van der Waals surface area contributed by atoms with Crippen LogP contribution in [0, 0.1) is 18.6 Å². The van der Waals surface area contributed by atoms with Crippen molar-refractivity contribution in [3.8, 4) is 5.75 Å². The van der Waals surface area contributed by atoms with Crippen LogP contribution in [-0.4, -0.2) is 5.11 Å². The van der Waals surface area contributed by atoms with Crippen LogP contribution in [0.3, 0.4) is 0 Å². The Balaban J connectivity index is 1.91. The number of fused-ring (bicyclic) bond motifs is 1. The Labute approximate surface area is 116 Å². The maximum absolute atomic E-state index is 13.9. The predicted octanol–water partition coefficient (Wildman–Crippen LogP) is 4.08. The molecule has 1 atom stereocenters. The molecule has 1 unspecified atom stereocenters. The highest BCUT2D eigenvalue weighted by Crippen LogP contribution is 2.38. The number of hydrogen-bond donors (Lipinski definition) is 2. The van der Waals surface area contributed by atoms with E-state index in [4.69, 9.17) is 0 Å². The molecular formula is C16H15F2NO. The molecule has 0 heterocycles. The summed E-state index contributed by atoms with van der Waals surface area (Å²) in [4.78, 5) is 0. The van der Waals surface area contributed by atoms with Crippen LogP contribution in [0.4, 0.5) is 14.5 Å². The smallest absolute Gasteiger partial charge is 0.146 e. The zero-order valence-corrected chi connectivity index (χ0v) is 11.1. The fourth-order valence-electron chi connectivity index (χ4n) is 2.73. The molecule has 4 heteroatoms. The topological polar surface area (TPSA) is 32.3 Å². The highest BCUT2D eigenvalue weighted by atomic mass is 19.1. The lowest BCUT2D eigenvalue weighted by Gasteiger charge is -2.17. The third kappa shape index (κ3) is 2.11. The van der Waals surface area contributed by atoms with Crippen LogP contribution < -0.4 is 5.32 Å². The lowest BCUT2D eigenvalue weighted by molar-refractivity contribution is 0.469. The Bertz CT molecular complexity index is 670. The molecule has 20 heavy (non-hydrogen) atoms. The summed E-state index contributed by atoms with van der Waals surface area (Å²) < 4.78 is 27.4. The van der Waals surface area contributed by atoms with Crippen molar-refractivity contribution in [2.24, 2.45) is 0 Å². The van der Waals surface area contributed by atoms with Gasteiger partial charge >= 0.3 is 0 Å². The van der Waals surface area contributed by atoms with E-state index >= 15 is 0 Å². The predicted molar refractivity (Wildman–Crippen MR) is 73.9 cm³/mol. The fourth-order valence-corrected chi connectivity index (χ4v) is 2.73. The minimum Gasteiger partial charge on any atom is -0.508 e. The summed E-state index contributed by atoms with van der Waals surface area (Å²) in [6.07, 6.45) is 1.48. The second-order valence-electron chi connectivity index (χ2n) is 5.16. The van der Waals surface area contributed by atoms with E-state index in [-0.39, 0.29) is 23.0 Å². The van der Waals surface area contributed by atoms with E-state index in [1.165, 1.54) is 19.1 Å². The SMILES string of the molecule is Cc1cc(F)c(NC2CCc3c(O)cccc32)cc1F. The first-order valence-corrected chi connectivity index (χ1v) is 6.59. The van der Waals surface area contributed by atoms with Crippen molar-refractivity contribution < 1.29 is 13.9 Å². The zero-order valence-electron chi connectivity index (χ0n) is 11.1. The molecule has 0 fully saturated rings. The number of rotatable bonds is 2.